The molecule has 1 heterocycles. The second-order valence-corrected chi connectivity index (χ2v) is 8.38. The Morgan fingerprint density at radius 2 is 1.29 bits per heavy atom. The minimum Gasteiger partial charge on any atom is -1.00 e. The molecule has 0 unspecified atom stereocenters. The van der Waals surface area contributed by atoms with Crippen LogP contribution >= 0.6 is 0 Å². The number of sulfonamides is 1. The number of hydrogen-bond acceptors (Lipinski definition) is 2. The molecule has 1 aliphatic rings. The Hall–Kier alpha value is -0.0300. The lowest BCUT2D eigenvalue weighted by Gasteiger charge is -2.45. The van der Waals surface area contributed by atoms with Crippen molar-refractivity contribution in [2.24, 2.45) is 0 Å². The second kappa shape index (κ2) is 8.61. The Morgan fingerprint density at radius 1 is 0.857 bits per heavy atom. The summed E-state index contributed by atoms with van der Waals surface area (Å²) in [6.07, 6.45) is -6.40. The molecule has 0 aromatic carbocycles. The lowest BCUT2D eigenvalue weighted by atomic mass is 10.1. The van der Waals surface area contributed by atoms with Gasteiger partial charge in [0, 0.05) is 0 Å². The molecule has 1 saturated heterocycles. The van der Waals surface area contributed by atoms with Crippen molar-refractivity contribution in [3.8, 4) is 0 Å². The van der Waals surface area contributed by atoms with Crippen LogP contribution in [0.15, 0.2) is 0 Å². The fourth-order valence-corrected chi connectivity index (χ4v) is 4.39. The molecule has 0 spiro atoms. The van der Waals surface area contributed by atoms with Crippen LogP contribution in [0.2, 0.25) is 0 Å². The van der Waals surface area contributed by atoms with Crippen molar-refractivity contribution in [1.29, 1.82) is 0 Å². The van der Waals surface area contributed by atoms with E-state index in [0.717, 1.165) is 0 Å². The molecule has 15 heteroatoms. The quantitative estimate of drug-likeness (QED) is 0.253. The fraction of sp³-hybridized carbons (Fsp3) is 1.00. The molecule has 170 valence electrons. The van der Waals surface area contributed by atoms with E-state index in [0.29, 0.717) is 24.0 Å². The number of rotatable bonds is 7. The van der Waals surface area contributed by atoms with Gasteiger partial charge in [-0.25, -0.2) is 8.42 Å². The van der Waals surface area contributed by atoms with Gasteiger partial charge in [-0.1, -0.05) is 6.92 Å². The summed E-state index contributed by atoms with van der Waals surface area (Å²) in [6, 6.07) is 0. The van der Waals surface area contributed by atoms with Crippen LogP contribution in [0.5, 0.6) is 0 Å². The predicted octanol–water partition coefficient (Wildman–Crippen LogP) is 0.308. The van der Waals surface area contributed by atoms with Gasteiger partial charge in [0.05, 0.1) is 39.3 Å². The molecule has 0 N–H and O–H groups in total. The lowest BCUT2D eigenvalue weighted by Crippen LogP contribution is -3.00. The minimum absolute atomic E-state index is 0. The second-order valence-electron chi connectivity index (χ2n) is 6.40. The highest BCUT2D eigenvalue weighted by atomic mass is 127. The average Bonchev–Trinajstić information content (AvgIpc) is 2.54. The summed E-state index contributed by atoms with van der Waals surface area (Å²) in [6.45, 7) is 3.09. The Balaban J connectivity index is 0.00000729. The molecular weight excluding hydrogens is 546 g/mol. The van der Waals surface area contributed by atoms with E-state index in [4.69, 9.17) is 0 Å². The zero-order valence-electron chi connectivity index (χ0n) is 14.8. The molecule has 0 saturated carbocycles. The maximum absolute atomic E-state index is 13.8. The number of likely N-dealkylation sites (N-methyl/N-ethyl adjacent to an activating group) is 1. The third-order valence-corrected chi connectivity index (χ3v) is 6.75. The molecule has 1 aliphatic heterocycles. The zero-order chi connectivity index (χ0) is 21.5. The van der Waals surface area contributed by atoms with Crippen LogP contribution in [0, 0.1) is 0 Å². The van der Waals surface area contributed by atoms with Crippen LogP contribution in [-0.4, -0.2) is 79.8 Å². The average molecular weight is 566 g/mol. The van der Waals surface area contributed by atoms with Crippen molar-refractivity contribution < 1.29 is 76.4 Å². The molecule has 0 bridgehead atoms. The zero-order valence-corrected chi connectivity index (χ0v) is 17.8. The van der Waals surface area contributed by atoms with Gasteiger partial charge in [-0.3, -0.25) is 0 Å². The minimum atomic E-state index is -7.24. The predicted molar refractivity (Wildman–Crippen MR) is 77.1 cm³/mol. The number of halogens is 10. The van der Waals surface area contributed by atoms with E-state index in [2.05, 4.69) is 0 Å². The SMILES string of the molecule is CCC[N+]1(CC)CCN(S(=O)(=O)C(F)(F)C(F)(F)C(F)(F)C(F)(F)F)CC1.[I-]. The van der Waals surface area contributed by atoms with Crippen molar-refractivity contribution in [3.63, 3.8) is 0 Å². The molecule has 0 aliphatic carbocycles. The van der Waals surface area contributed by atoms with Gasteiger partial charge in [0.2, 0.25) is 0 Å². The van der Waals surface area contributed by atoms with Crippen molar-refractivity contribution in [3.05, 3.63) is 0 Å². The third-order valence-electron chi connectivity index (χ3n) is 4.80. The first kappa shape index (κ1) is 28.0. The summed E-state index contributed by atoms with van der Waals surface area (Å²) < 4.78 is 141. The third kappa shape index (κ3) is 4.36. The van der Waals surface area contributed by atoms with Crippen LogP contribution in [0.4, 0.5) is 39.5 Å². The van der Waals surface area contributed by atoms with Crippen LogP contribution in [-0.2, 0) is 10.0 Å². The van der Waals surface area contributed by atoms with Gasteiger partial charge in [-0.2, -0.15) is 43.8 Å². The summed E-state index contributed by atoms with van der Waals surface area (Å²) in [5.74, 6) is -14.4. The molecule has 1 rings (SSSR count). The number of nitrogens with zero attached hydrogens (tertiary/aromatic N) is 2. The Kier molecular flexibility index (Phi) is 8.60. The maximum atomic E-state index is 13.8. The molecular formula is C13H20F9IN2O2S. The lowest BCUT2D eigenvalue weighted by molar-refractivity contribution is -0.929. The summed E-state index contributed by atoms with van der Waals surface area (Å²) in [4.78, 5) is 0. The standard InChI is InChI=1S/C13H20F9N2O2S.HI/c1-3-7-24(4-2)8-5-23(6-9-24)27(25,26)13(21,22)11(16,17)10(14,15)12(18,19)20;/h3-9H2,1-2H3;1H/q+1;/p-1. The van der Waals surface area contributed by atoms with Crippen molar-refractivity contribution >= 4 is 10.0 Å². The van der Waals surface area contributed by atoms with E-state index in [-0.39, 0.29) is 41.4 Å². The van der Waals surface area contributed by atoms with Gasteiger partial charge >= 0.3 is 23.3 Å². The Labute approximate surface area is 173 Å². The van der Waals surface area contributed by atoms with Crippen LogP contribution in [0.1, 0.15) is 20.3 Å². The first-order valence-corrected chi connectivity index (χ1v) is 9.42. The van der Waals surface area contributed by atoms with E-state index in [1.165, 1.54) is 0 Å². The molecule has 0 aromatic rings. The van der Waals surface area contributed by atoms with E-state index in [9.17, 15) is 47.9 Å². The van der Waals surface area contributed by atoms with Crippen molar-refractivity contribution in [2.75, 3.05) is 39.3 Å². The smallest absolute Gasteiger partial charge is 0.460 e. The number of quaternary nitrogens is 1. The van der Waals surface area contributed by atoms with Gasteiger partial charge in [0.25, 0.3) is 10.0 Å². The van der Waals surface area contributed by atoms with E-state index in [1.54, 1.807) is 6.92 Å². The highest BCUT2D eigenvalue weighted by Crippen LogP contribution is 2.55. The van der Waals surface area contributed by atoms with E-state index >= 15 is 0 Å². The van der Waals surface area contributed by atoms with E-state index < -0.39 is 46.4 Å². The highest BCUT2D eigenvalue weighted by Gasteiger charge is 2.85. The first-order valence-electron chi connectivity index (χ1n) is 7.98. The molecule has 1 fully saturated rings. The topological polar surface area (TPSA) is 37.4 Å². The molecule has 0 atom stereocenters. The van der Waals surface area contributed by atoms with Gasteiger partial charge in [0.1, 0.15) is 0 Å². The van der Waals surface area contributed by atoms with Gasteiger partial charge in [0.15, 0.2) is 0 Å². The highest BCUT2D eigenvalue weighted by molar-refractivity contribution is 7.90. The number of piperazine rings is 1. The fourth-order valence-electron chi connectivity index (χ4n) is 2.97. The first-order chi connectivity index (χ1) is 11.9. The largest absolute Gasteiger partial charge is 1.00 e. The molecule has 0 aromatic heterocycles. The Bertz CT molecular complexity index is 632. The molecule has 0 amide bonds. The summed E-state index contributed by atoms with van der Waals surface area (Å²) in [5, 5.41) is -6.65. The van der Waals surface area contributed by atoms with E-state index in [1.807, 2.05) is 6.92 Å². The number of alkyl halides is 9. The summed E-state index contributed by atoms with van der Waals surface area (Å²) in [7, 11) is -6.48. The molecule has 4 nitrogen and oxygen atoms in total. The van der Waals surface area contributed by atoms with Crippen LogP contribution < -0.4 is 24.0 Å². The summed E-state index contributed by atoms with van der Waals surface area (Å²) in [5.41, 5.74) is 0. The van der Waals surface area contributed by atoms with Gasteiger partial charge in [-0.15, -0.1) is 0 Å². The monoisotopic (exact) mass is 566 g/mol. The molecule has 28 heavy (non-hydrogen) atoms. The molecule has 0 radical (unpaired) electrons. The van der Waals surface area contributed by atoms with Gasteiger partial charge in [-0.05, 0) is 13.3 Å². The Morgan fingerprint density at radius 3 is 1.61 bits per heavy atom. The normalized spacial score (nSPS) is 20.0. The van der Waals surface area contributed by atoms with Crippen LogP contribution in [0.25, 0.3) is 0 Å². The van der Waals surface area contributed by atoms with Crippen LogP contribution in [0.3, 0.4) is 0 Å². The summed E-state index contributed by atoms with van der Waals surface area (Å²) >= 11 is 0. The van der Waals surface area contributed by atoms with Gasteiger partial charge < -0.3 is 28.5 Å². The number of hydrogen-bond donors (Lipinski definition) is 0. The maximum Gasteiger partial charge on any atom is 0.460 e. The van der Waals surface area contributed by atoms with Crippen molar-refractivity contribution in [1.82, 2.24) is 4.31 Å². The van der Waals surface area contributed by atoms with Crippen molar-refractivity contribution in [2.45, 2.75) is 43.5 Å².